The first-order valence-corrected chi connectivity index (χ1v) is 7.57. The molecular formula is C14H28N4O3. The summed E-state index contributed by atoms with van der Waals surface area (Å²) >= 11 is 0. The highest BCUT2D eigenvalue weighted by molar-refractivity contribution is 5.83. The number of rotatable bonds is 12. The number of carboxylic acid groups (broad SMARTS) is 1. The monoisotopic (exact) mass is 300 g/mol. The van der Waals surface area contributed by atoms with Gasteiger partial charge in [0.1, 0.15) is 6.04 Å². The van der Waals surface area contributed by atoms with Crippen molar-refractivity contribution in [2.45, 2.75) is 64.3 Å². The van der Waals surface area contributed by atoms with Crippen molar-refractivity contribution in [3.05, 3.63) is 0 Å². The average molecular weight is 300 g/mol. The van der Waals surface area contributed by atoms with Crippen molar-refractivity contribution >= 4 is 17.8 Å². The maximum atomic E-state index is 11.7. The van der Waals surface area contributed by atoms with E-state index in [1.807, 2.05) is 0 Å². The minimum Gasteiger partial charge on any atom is -0.480 e. The predicted molar refractivity (Wildman–Crippen MR) is 82.1 cm³/mol. The molecule has 0 rings (SSSR count). The van der Waals surface area contributed by atoms with Crippen LogP contribution in [0.3, 0.4) is 0 Å². The third-order valence-electron chi connectivity index (χ3n) is 3.13. The van der Waals surface area contributed by atoms with Crippen molar-refractivity contribution < 1.29 is 14.7 Å². The summed E-state index contributed by atoms with van der Waals surface area (Å²) in [5, 5.41) is 21.2. The van der Waals surface area contributed by atoms with Crippen LogP contribution in [0, 0.1) is 5.41 Å². The van der Waals surface area contributed by atoms with Crippen LogP contribution in [-0.4, -0.2) is 35.5 Å². The Bertz CT molecular complexity index is 334. The molecule has 1 atom stereocenters. The quantitative estimate of drug-likeness (QED) is 0.210. The zero-order chi connectivity index (χ0) is 16.1. The predicted octanol–water partition coefficient (Wildman–Crippen LogP) is 1.18. The van der Waals surface area contributed by atoms with E-state index < -0.39 is 12.0 Å². The Morgan fingerprint density at radius 2 is 1.86 bits per heavy atom. The van der Waals surface area contributed by atoms with Crippen molar-refractivity contribution in [2.75, 3.05) is 6.54 Å². The van der Waals surface area contributed by atoms with Gasteiger partial charge in [0.25, 0.3) is 0 Å². The average Bonchev–Trinajstić information content (AvgIpc) is 2.41. The van der Waals surface area contributed by atoms with Crippen molar-refractivity contribution in [2.24, 2.45) is 5.73 Å². The van der Waals surface area contributed by atoms with Crippen LogP contribution < -0.4 is 16.4 Å². The molecule has 1 amide bonds. The molecule has 0 bridgehead atoms. The molecule has 0 aromatic rings. The second-order valence-corrected chi connectivity index (χ2v) is 5.11. The normalized spacial score (nSPS) is 11.7. The molecule has 7 nitrogen and oxygen atoms in total. The smallest absolute Gasteiger partial charge is 0.326 e. The highest BCUT2D eigenvalue weighted by Crippen LogP contribution is 2.05. The number of carboxylic acids is 1. The zero-order valence-corrected chi connectivity index (χ0v) is 12.8. The van der Waals surface area contributed by atoms with Crippen molar-refractivity contribution in [1.82, 2.24) is 10.6 Å². The van der Waals surface area contributed by atoms with Gasteiger partial charge >= 0.3 is 5.97 Å². The number of nitrogens with one attached hydrogen (secondary N) is 3. The maximum absolute atomic E-state index is 11.7. The van der Waals surface area contributed by atoms with Gasteiger partial charge in [0, 0.05) is 13.0 Å². The summed E-state index contributed by atoms with van der Waals surface area (Å²) in [7, 11) is 0. The van der Waals surface area contributed by atoms with Gasteiger partial charge in [-0.1, -0.05) is 32.6 Å². The number of hydrogen-bond acceptors (Lipinski definition) is 3. The summed E-state index contributed by atoms with van der Waals surface area (Å²) < 4.78 is 0. The zero-order valence-electron chi connectivity index (χ0n) is 12.8. The van der Waals surface area contributed by atoms with Crippen molar-refractivity contribution in [3.8, 4) is 0 Å². The lowest BCUT2D eigenvalue weighted by Crippen LogP contribution is -2.41. The van der Waals surface area contributed by atoms with Gasteiger partial charge in [-0.2, -0.15) is 0 Å². The molecule has 0 aliphatic heterocycles. The first kappa shape index (κ1) is 19.2. The number of nitrogens with two attached hydrogens (primary N) is 1. The van der Waals surface area contributed by atoms with Gasteiger partial charge in [-0.05, 0) is 19.3 Å². The molecule has 0 fully saturated rings. The highest BCUT2D eigenvalue weighted by Gasteiger charge is 2.18. The summed E-state index contributed by atoms with van der Waals surface area (Å²) in [6.07, 6.45) is 6.45. The molecule has 0 unspecified atom stereocenters. The molecule has 21 heavy (non-hydrogen) atoms. The SMILES string of the molecule is CCCCCCCC(=O)N[C@@H](CCCNC(=N)N)C(=O)O. The van der Waals surface area contributed by atoms with Crippen LogP contribution in [-0.2, 0) is 9.59 Å². The van der Waals surface area contributed by atoms with E-state index in [0.717, 1.165) is 25.7 Å². The van der Waals surface area contributed by atoms with E-state index in [4.69, 9.17) is 16.2 Å². The summed E-state index contributed by atoms with van der Waals surface area (Å²) in [5.74, 6) is -1.38. The Kier molecular flexibility index (Phi) is 11.0. The van der Waals surface area contributed by atoms with Gasteiger partial charge in [0.05, 0.1) is 0 Å². The number of hydrogen-bond donors (Lipinski definition) is 5. The van der Waals surface area contributed by atoms with Crippen LogP contribution in [0.1, 0.15) is 58.3 Å². The van der Waals surface area contributed by atoms with Gasteiger partial charge in [-0.15, -0.1) is 0 Å². The number of amides is 1. The Morgan fingerprint density at radius 1 is 1.19 bits per heavy atom. The molecule has 0 saturated heterocycles. The minimum absolute atomic E-state index is 0.141. The molecule has 0 aliphatic carbocycles. The first-order chi connectivity index (χ1) is 9.97. The summed E-state index contributed by atoms with van der Waals surface area (Å²) in [6.45, 7) is 2.55. The van der Waals surface area contributed by atoms with Crippen LogP contribution >= 0.6 is 0 Å². The third kappa shape index (κ3) is 11.7. The van der Waals surface area contributed by atoms with E-state index in [9.17, 15) is 9.59 Å². The molecule has 0 saturated carbocycles. The Morgan fingerprint density at radius 3 is 2.43 bits per heavy atom. The van der Waals surface area contributed by atoms with Gasteiger partial charge in [-0.3, -0.25) is 10.2 Å². The van der Waals surface area contributed by atoms with E-state index in [1.54, 1.807) is 0 Å². The standard InChI is InChI=1S/C14H28N4O3/c1-2-3-4-5-6-9-12(19)18-11(13(20)21)8-7-10-17-14(15)16/h11H,2-10H2,1H3,(H,18,19)(H,20,21)(H4,15,16,17)/t11-/m0/s1. The molecule has 6 N–H and O–H groups in total. The Balaban J connectivity index is 3.88. The minimum atomic E-state index is -1.03. The third-order valence-corrected chi connectivity index (χ3v) is 3.13. The van der Waals surface area contributed by atoms with Gasteiger partial charge in [0.2, 0.25) is 5.91 Å². The number of unbranched alkanes of at least 4 members (excludes halogenated alkanes) is 4. The topological polar surface area (TPSA) is 128 Å². The van der Waals surface area contributed by atoms with E-state index in [2.05, 4.69) is 17.6 Å². The summed E-state index contributed by atoms with van der Waals surface area (Å²) in [6, 6.07) is -0.873. The number of aliphatic carboxylic acids is 1. The Labute approximate surface area is 126 Å². The number of carbonyl (C=O) groups is 2. The van der Waals surface area contributed by atoms with Crippen LogP contribution in [0.25, 0.3) is 0 Å². The fourth-order valence-corrected chi connectivity index (χ4v) is 1.94. The molecule has 0 aliphatic rings. The molecule has 0 spiro atoms. The maximum Gasteiger partial charge on any atom is 0.326 e. The van der Waals surface area contributed by atoms with Gasteiger partial charge < -0.3 is 21.5 Å². The molecule has 7 heteroatoms. The fraction of sp³-hybridized carbons (Fsp3) is 0.786. The van der Waals surface area contributed by atoms with Crippen molar-refractivity contribution in [1.29, 1.82) is 5.41 Å². The van der Waals surface area contributed by atoms with Crippen LogP contribution in [0.4, 0.5) is 0 Å². The van der Waals surface area contributed by atoms with Crippen LogP contribution in [0.15, 0.2) is 0 Å². The molecule has 0 radical (unpaired) electrons. The summed E-state index contributed by atoms with van der Waals surface area (Å²) in [5.41, 5.74) is 5.13. The van der Waals surface area contributed by atoms with Crippen molar-refractivity contribution in [3.63, 3.8) is 0 Å². The summed E-state index contributed by atoms with van der Waals surface area (Å²) in [4.78, 5) is 22.8. The molecular weight excluding hydrogens is 272 g/mol. The van der Waals surface area contributed by atoms with E-state index >= 15 is 0 Å². The lowest BCUT2D eigenvalue weighted by molar-refractivity contribution is -0.142. The van der Waals surface area contributed by atoms with Crippen LogP contribution in [0.2, 0.25) is 0 Å². The number of guanidine groups is 1. The fourth-order valence-electron chi connectivity index (χ4n) is 1.94. The van der Waals surface area contributed by atoms with Gasteiger partial charge in [0.15, 0.2) is 5.96 Å². The lowest BCUT2D eigenvalue weighted by Gasteiger charge is -2.14. The lowest BCUT2D eigenvalue weighted by atomic mass is 10.1. The van der Waals surface area contributed by atoms with E-state index in [0.29, 0.717) is 25.8 Å². The molecule has 122 valence electrons. The van der Waals surface area contributed by atoms with E-state index in [-0.39, 0.29) is 11.9 Å². The molecule has 0 aromatic heterocycles. The second-order valence-electron chi connectivity index (χ2n) is 5.11. The molecule has 0 aromatic carbocycles. The Hall–Kier alpha value is -1.79. The highest BCUT2D eigenvalue weighted by atomic mass is 16.4. The number of carbonyl (C=O) groups excluding carboxylic acids is 1. The second kappa shape index (κ2) is 12.0. The van der Waals surface area contributed by atoms with Crippen LogP contribution in [0.5, 0.6) is 0 Å². The largest absolute Gasteiger partial charge is 0.480 e. The van der Waals surface area contributed by atoms with Gasteiger partial charge in [-0.25, -0.2) is 4.79 Å². The van der Waals surface area contributed by atoms with E-state index in [1.165, 1.54) is 6.42 Å². The molecule has 0 heterocycles. The first-order valence-electron chi connectivity index (χ1n) is 7.57.